The molecule has 0 saturated carbocycles. The lowest BCUT2D eigenvalue weighted by Crippen LogP contribution is -2.61. The maximum absolute atomic E-state index is 6.02. The van der Waals surface area contributed by atoms with Crippen molar-refractivity contribution < 1.29 is 26.6 Å². The first-order valence-electron chi connectivity index (χ1n) is 8.85. The van der Waals surface area contributed by atoms with Crippen LogP contribution in [0.1, 0.15) is 40.5 Å². The Labute approximate surface area is 150 Å². The fourth-order valence-corrected chi connectivity index (χ4v) is 7.17. The molecule has 0 fully saturated rings. The fraction of sp³-hybridized carbons (Fsp3) is 1.00. The van der Waals surface area contributed by atoms with Gasteiger partial charge in [-0.15, -0.1) is 0 Å². The van der Waals surface area contributed by atoms with Crippen LogP contribution in [0, 0.1) is 0 Å². The summed E-state index contributed by atoms with van der Waals surface area (Å²) in [5.41, 5.74) is 0. The first-order chi connectivity index (χ1) is 11.5. The molecule has 146 valence electrons. The van der Waals surface area contributed by atoms with Gasteiger partial charge in [0.2, 0.25) is 0 Å². The first kappa shape index (κ1) is 24.2. The highest BCUT2D eigenvalue weighted by Crippen LogP contribution is 2.20. The molecular formula is C15H37NO6Si2. The Balaban J connectivity index is 5.06. The van der Waals surface area contributed by atoms with Crippen molar-refractivity contribution >= 4 is 17.8 Å². The molecule has 0 aromatic rings. The van der Waals surface area contributed by atoms with Gasteiger partial charge < -0.3 is 26.6 Å². The van der Waals surface area contributed by atoms with E-state index < -0.39 is 17.8 Å². The topological polar surface area (TPSA) is 58.6 Å². The van der Waals surface area contributed by atoms with Gasteiger partial charge in [-0.25, -0.2) is 0 Å². The number of hydrogen-bond acceptors (Lipinski definition) is 7. The highest BCUT2D eigenvalue weighted by molar-refractivity contribution is 6.60. The van der Waals surface area contributed by atoms with Gasteiger partial charge in [-0.05, 0) is 46.7 Å². The third-order valence-corrected chi connectivity index (χ3v) is 9.72. The molecule has 0 unspecified atom stereocenters. The Hall–Kier alpha value is 0.154. The van der Waals surface area contributed by atoms with Gasteiger partial charge in [0.1, 0.15) is 0 Å². The molecule has 0 spiro atoms. The SMILES string of the molecule is CCCN(CCC[Si](OC)(OC)OC)[Si](OCC)(OCC)OCC. The van der Waals surface area contributed by atoms with E-state index in [-0.39, 0.29) is 0 Å². The smallest absolute Gasteiger partial charge is 0.377 e. The van der Waals surface area contributed by atoms with Crippen molar-refractivity contribution in [1.82, 2.24) is 4.57 Å². The van der Waals surface area contributed by atoms with Crippen LogP contribution in [0.5, 0.6) is 0 Å². The van der Waals surface area contributed by atoms with Gasteiger partial charge in [0, 0.05) is 47.2 Å². The van der Waals surface area contributed by atoms with Gasteiger partial charge in [0.15, 0.2) is 0 Å². The molecule has 0 N–H and O–H groups in total. The Kier molecular flexibility index (Phi) is 13.5. The molecule has 0 aromatic carbocycles. The second kappa shape index (κ2) is 13.4. The Bertz CT molecular complexity index is 282. The quantitative estimate of drug-likeness (QED) is 0.380. The predicted octanol–water partition coefficient (Wildman–Crippen LogP) is 2.51. The molecule has 0 aliphatic rings. The standard InChI is InChI=1S/C15H37NO6Si2/c1-8-13-16(14-12-15-23(17-5,18-6)19-7)24(20-9-2,21-10-3)22-11-4/h8-15H2,1-7H3. The van der Waals surface area contributed by atoms with Gasteiger partial charge in [-0.1, -0.05) is 6.92 Å². The number of rotatable bonds is 16. The molecule has 0 rings (SSSR count). The lowest BCUT2D eigenvalue weighted by atomic mass is 10.4. The van der Waals surface area contributed by atoms with Crippen LogP contribution in [-0.4, -0.2) is 76.6 Å². The summed E-state index contributed by atoms with van der Waals surface area (Å²) in [6.07, 6.45) is 1.87. The zero-order valence-electron chi connectivity index (χ0n) is 16.6. The summed E-state index contributed by atoms with van der Waals surface area (Å²) in [5, 5.41) is 0. The molecule has 0 bridgehead atoms. The van der Waals surface area contributed by atoms with E-state index in [9.17, 15) is 0 Å². The van der Waals surface area contributed by atoms with Crippen molar-refractivity contribution in [3.8, 4) is 0 Å². The second-order valence-electron chi connectivity index (χ2n) is 5.21. The minimum atomic E-state index is -2.85. The summed E-state index contributed by atoms with van der Waals surface area (Å²) in [6.45, 7) is 11.4. The van der Waals surface area contributed by atoms with Gasteiger partial charge >= 0.3 is 17.8 Å². The lowest BCUT2D eigenvalue weighted by molar-refractivity contribution is 0.0160. The monoisotopic (exact) mass is 383 g/mol. The van der Waals surface area contributed by atoms with Crippen molar-refractivity contribution in [3.63, 3.8) is 0 Å². The molecular weight excluding hydrogens is 346 g/mol. The summed E-state index contributed by atoms with van der Waals surface area (Å²) < 4.78 is 36.8. The highest BCUT2D eigenvalue weighted by Gasteiger charge is 2.48. The zero-order chi connectivity index (χ0) is 18.5. The molecule has 9 heteroatoms. The predicted molar refractivity (Wildman–Crippen MR) is 98.7 cm³/mol. The average Bonchev–Trinajstić information content (AvgIpc) is 2.59. The van der Waals surface area contributed by atoms with Crippen LogP contribution in [0.3, 0.4) is 0 Å². The minimum absolute atomic E-state index is 0.569. The average molecular weight is 384 g/mol. The highest BCUT2D eigenvalue weighted by atomic mass is 28.4. The van der Waals surface area contributed by atoms with Crippen molar-refractivity contribution in [2.75, 3.05) is 54.2 Å². The largest absolute Gasteiger partial charge is 0.599 e. The molecule has 0 atom stereocenters. The number of nitrogens with zero attached hydrogens (tertiary/aromatic N) is 1. The summed E-state index contributed by atoms with van der Waals surface area (Å²) in [5.74, 6) is 0. The third-order valence-electron chi connectivity index (χ3n) is 3.71. The fourth-order valence-electron chi connectivity index (χ4n) is 2.64. The van der Waals surface area contributed by atoms with E-state index >= 15 is 0 Å². The van der Waals surface area contributed by atoms with Crippen LogP contribution in [-0.2, 0) is 26.6 Å². The Morgan fingerprint density at radius 1 is 0.708 bits per heavy atom. The Morgan fingerprint density at radius 3 is 1.50 bits per heavy atom. The van der Waals surface area contributed by atoms with E-state index in [1.807, 2.05) is 20.8 Å². The molecule has 7 nitrogen and oxygen atoms in total. The van der Waals surface area contributed by atoms with Crippen LogP contribution in [0.2, 0.25) is 6.04 Å². The van der Waals surface area contributed by atoms with Crippen LogP contribution < -0.4 is 0 Å². The van der Waals surface area contributed by atoms with E-state index in [0.29, 0.717) is 19.8 Å². The van der Waals surface area contributed by atoms with E-state index in [1.165, 1.54) is 0 Å². The van der Waals surface area contributed by atoms with Crippen molar-refractivity contribution in [3.05, 3.63) is 0 Å². The van der Waals surface area contributed by atoms with Crippen molar-refractivity contribution in [2.45, 2.75) is 46.6 Å². The molecule has 0 amide bonds. The zero-order valence-corrected chi connectivity index (χ0v) is 18.6. The summed E-state index contributed by atoms with van der Waals surface area (Å²) in [7, 11) is -0.477. The molecule has 0 aliphatic carbocycles. The van der Waals surface area contributed by atoms with Crippen molar-refractivity contribution in [2.24, 2.45) is 0 Å². The summed E-state index contributed by atoms with van der Waals surface area (Å²) in [6, 6.07) is 0.742. The molecule has 0 aromatic heterocycles. The first-order valence-corrected chi connectivity index (χ1v) is 12.5. The van der Waals surface area contributed by atoms with Crippen LogP contribution >= 0.6 is 0 Å². The molecule has 0 aliphatic heterocycles. The Morgan fingerprint density at radius 2 is 1.17 bits per heavy atom. The van der Waals surface area contributed by atoms with Gasteiger partial charge in [0.25, 0.3) is 0 Å². The lowest BCUT2D eigenvalue weighted by Gasteiger charge is -2.38. The molecule has 0 saturated heterocycles. The maximum atomic E-state index is 6.02. The molecule has 0 heterocycles. The normalized spacial score (nSPS) is 13.0. The van der Waals surface area contributed by atoms with Gasteiger partial charge in [-0.3, -0.25) is 4.57 Å². The van der Waals surface area contributed by atoms with E-state index in [4.69, 9.17) is 26.6 Å². The van der Waals surface area contributed by atoms with Gasteiger partial charge in [-0.2, -0.15) is 0 Å². The summed E-state index contributed by atoms with van der Waals surface area (Å²) in [4.78, 5) is 0. The third kappa shape index (κ3) is 7.18. The van der Waals surface area contributed by atoms with Crippen LogP contribution in [0.15, 0.2) is 0 Å². The maximum Gasteiger partial charge on any atom is 0.599 e. The van der Waals surface area contributed by atoms with Crippen LogP contribution in [0.25, 0.3) is 0 Å². The second-order valence-corrected chi connectivity index (χ2v) is 10.8. The van der Waals surface area contributed by atoms with Crippen molar-refractivity contribution in [1.29, 1.82) is 0 Å². The van der Waals surface area contributed by atoms with Gasteiger partial charge in [0.05, 0.1) is 0 Å². The molecule has 0 radical (unpaired) electrons. The van der Waals surface area contributed by atoms with Crippen LogP contribution in [0.4, 0.5) is 0 Å². The number of hydrogen-bond donors (Lipinski definition) is 0. The van der Waals surface area contributed by atoms with E-state index in [2.05, 4.69) is 11.5 Å². The molecule has 24 heavy (non-hydrogen) atoms. The summed E-state index contributed by atoms with van der Waals surface area (Å²) >= 11 is 0. The minimum Gasteiger partial charge on any atom is -0.377 e. The van der Waals surface area contributed by atoms with E-state index in [0.717, 1.165) is 32.0 Å². The van der Waals surface area contributed by atoms with E-state index in [1.54, 1.807) is 21.3 Å².